The number of methoxy groups -OCH3 is 1. The third kappa shape index (κ3) is 3.77. The van der Waals surface area contributed by atoms with E-state index in [-0.39, 0.29) is 5.97 Å². The molecule has 0 spiro atoms. The summed E-state index contributed by atoms with van der Waals surface area (Å²) in [6.07, 6.45) is 4.74. The van der Waals surface area contributed by atoms with Crippen LogP contribution in [0.4, 0.5) is 0 Å². The van der Waals surface area contributed by atoms with E-state index < -0.39 is 0 Å². The summed E-state index contributed by atoms with van der Waals surface area (Å²) in [5.74, 6) is 0.408. The van der Waals surface area contributed by atoms with Crippen LogP contribution >= 0.6 is 0 Å². The van der Waals surface area contributed by atoms with Crippen LogP contribution in [0.1, 0.15) is 23.7 Å². The second-order valence-corrected chi connectivity index (χ2v) is 3.21. The van der Waals surface area contributed by atoms with E-state index in [9.17, 15) is 4.79 Å². The zero-order chi connectivity index (χ0) is 11.8. The van der Waals surface area contributed by atoms with Gasteiger partial charge in [0.2, 0.25) is 0 Å². The molecule has 3 nitrogen and oxygen atoms in total. The summed E-state index contributed by atoms with van der Waals surface area (Å²) in [6, 6.07) is 6.84. The van der Waals surface area contributed by atoms with Crippen molar-refractivity contribution in [1.29, 1.82) is 0 Å². The van der Waals surface area contributed by atoms with Crippen LogP contribution in [0.15, 0.2) is 36.4 Å². The van der Waals surface area contributed by atoms with Gasteiger partial charge in [-0.15, -0.1) is 0 Å². The maximum atomic E-state index is 11.5. The van der Waals surface area contributed by atoms with E-state index in [1.165, 1.54) is 0 Å². The predicted molar refractivity (Wildman–Crippen MR) is 62.7 cm³/mol. The molecule has 0 saturated heterocycles. The number of rotatable bonds is 5. The zero-order valence-corrected chi connectivity index (χ0v) is 9.60. The van der Waals surface area contributed by atoms with Crippen LogP contribution in [0.2, 0.25) is 0 Å². The number of ether oxygens (including phenoxy) is 2. The molecule has 16 heavy (non-hydrogen) atoms. The first-order valence-electron chi connectivity index (χ1n) is 5.24. The molecule has 0 radical (unpaired) electrons. The van der Waals surface area contributed by atoms with Crippen LogP contribution < -0.4 is 4.74 Å². The van der Waals surface area contributed by atoms with Crippen molar-refractivity contribution in [2.75, 3.05) is 13.7 Å². The third-order valence-corrected chi connectivity index (χ3v) is 2.04. The van der Waals surface area contributed by atoms with Gasteiger partial charge in [-0.3, -0.25) is 0 Å². The topological polar surface area (TPSA) is 35.5 Å². The average Bonchev–Trinajstić information content (AvgIpc) is 2.34. The second-order valence-electron chi connectivity index (χ2n) is 3.21. The van der Waals surface area contributed by atoms with E-state index in [2.05, 4.69) is 0 Å². The van der Waals surface area contributed by atoms with Crippen LogP contribution in [0, 0.1) is 0 Å². The van der Waals surface area contributed by atoms with Crippen molar-refractivity contribution in [2.24, 2.45) is 0 Å². The maximum absolute atomic E-state index is 11.5. The highest BCUT2D eigenvalue weighted by Gasteiger charge is 2.05. The van der Waals surface area contributed by atoms with E-state index in [1.807, 2.05) is 19.1 Å². The lowest BCUT2D eigenvalue weighted by Gasteiger charge is -2.03. The van der Waals surface area contributed by atoms with E-state index in [1.54, 1.807) is 31.4 Å². The summed E-state index contributed by atoms with van der Waals surface area (Å²) in [6.45, 7) is 2.35. The average molecular weight is 220 g/mol. The van der Waals surface area contributed by atoms with Gasteiger partial charge in [-0.1, -0.05) is 19.1 Å². The SMILES string of the molecule is CC/C=C/COC(=O)c1ccc(OC)cc1. The van der Waals surface area contributed by atoms with Gasteiger partial charge in [0.05, 0.1) is 12.7 Å². The number of hydrogen-bond acceptors (Lipinski definition) is 3. The highest BCUT2D eigenvalue weighted by atomic mass is 16.5. The van der Waals surface area contributed by atoms with Gasteiger partial charge in [-0.05, 0) is 30.7 Å². The molecule has 1 aromatic rings. The molecule has 0 heterocycles. The molecule has 0 atom stereocenters. The molecular weight excluding hydrogens is 204 g/mol. The molecular formula is C13H16O3. The number of allylic oxidation sites excluding steroid dienone is 1. The fourth-order valence-electron chi connectivity index (χ4n) is 1.17. The first-order chi connectivity index (χ1) is 7.77. The molecule has 0 aromatic heterocycles. The van der Waals surface area contributed by atoms with Gasteiger partial charge in [-0.2, -0.15) is 0 Å². The van der Waals surface area contributed by atoms with Crippen LogP contribution in [0.5, 0.6) is 5.75 Å². The third-order valence-electron chi connectivity index (χ3n) is 2.04. The lowest BCUT2D eigenvalue weighted by atomic mass is 10.2. The number of benzene rings is 1. The number of esters is 1. The summed E-state index contributed by atoms with van der Waals surface area (Å²) in [4.78, 5) is 11.5. The van der Waals surface area contributed by atoms with Gasteiger partial charge < -0.3 is 9.47 Å². The fraction of sp³-hybridized carbons (Fsp3) is 0.308. The maximum Gasteiger partial charge on any atom is 0.338 e. The van der Waals surface area contributed by atoms with Crippen molar-refractivity contribution in [3.8, 4) is 5.75 Å². The first kappa shape index (κ1) is 12.3. The van der Waals surface area contributed by atoms with Crippen molar-refractivity contribution < 1.29 is 14.3 Å². The van der Waals surface area contributed by atoms with E-state index >= 15 is 0 Å². The quantitative estimate of drug-likeness (QED) is 0.565. The van der Waals surface area contributed by atoms with E-state index in [4.69, 9.17) is 9.47 Å². The Kier molecular flexibility index (Phi) is 5.12. The normalized spacial score (nSPS) is 10.4. The minimum Gasteiger partial charge on any atom is -0.497 e. The minimum absolute atomic E-state index is 0.316. The van der Waals surface area contributed by atoms with Gasteiger partial charge >= 0.3 is 5.97 Å². The number of hydrogen-bond donors (Lipinski definition) is 0. The summed E-state index contributed by atoms with van der Waals surface area (Å²) in [5, 5.41) is 0. The highest BCUT2D eigenvalue weighted by molar-refractivity contribution is 5.89. The molecule has 0 aliphatic carbocycles. The van der Waals surface area contributed by atoms with Gasteiger partial charge in [0.25, 0.3) is 0 Å². The van der Waals surface area contributed by atoms with Crippen molar-refractivity contribution in [1.82, 2.24) is 0 Å². The van der Waals surface area contributed by atoms with Crippen molar-refractivity contribution in [3.05, 3.63) is 42.0 Å². The standard InChI is InChI=1S/C13H16O3/c1-3-4-5-10-16-13(14)11-6-8-12(15-2)9-7-11/h4-9H,3,10H2,1-2H3/b5-4+. The molecule has 0 fully saturated rings. The Hall–Kier alpha value is -1.77. The predicted octanol–water partition coefficient (Wildman–Crippen LogP) is 2.82. The van der Waals surface area contributed by atoms with Gasteiger partial charge in [-0.25, -0.2) is 4.79 Å². The lowest BCUT2D eigenvalue weighted by Crippen LogP contribution is -2.04. The highest BCUT2D eigenvalue weighted by Crippen LogP contribution is 2.11. The van der Waals surface area contributed by atoms with Crippen LogP contribution in [-0.2, 0) is 4.74 Å². The van der Waals surface area contributed by atoms with Crippen molar-refractivity contribution in [3.63, 3.8) is 0 Å². The van der Waals surface area contributed by atoms with Crippen LogP contribution in [0.3, 0.4) is 0 Å². The lowest BCUT2D eigenvalue weighted by molar-refractivity contribution is 0.0549. The molecule has 0 saturated carbocycles. The minimum atomic E-state index is -0.316. The van der Waals surface area contributed by atoms with Crippen molar-refractivity contribution >= 4 is 5.97 Å². The monoisotopic (exact) mass is 220 g/mol. The van der Waals surface area contributed by atoms with Gasteiger partial charge in [0.15, 0.2) is 0 Å². The fourth-order valence-corrected chi connectivity index (χ4v) is 1.17. The first-order valence-corrected chi connectivity index (χ1v) is 5.24. The van der Waals surface area contributed by atoms with Gasteiger partial charge in [0, 0.05) is 0 Å². The van der Waals surface area contributed by atoms with E-state index in [0.29, 0.717) is 12.2 Å². The summed E-state index contributed by atoms with van der Waals surface area (Å²) >= 11 is 0. The summed E-state index contributed by atoms with van der Waals surface area (Å²) < 4.78 is 10.0. The molecule has 0 aliphatic rings. The Morgan fingerprint density at radius 1 is 1.25 bits per heavy atom. The summed E-state index contributed by atoms with van der Waals surface area (Å²) in [5.41, 5.74) is 0.533. The Labute approximate surface area is 95.7 Å². The Bertz CT molecular complexity index is 352. The Morgan fingerprint density at radius 3 is 2.50 bits per heavy atom. The number of carbonyl (C=O) groups is 1. The Morgan fingerprint density at radius 2 is 1.94 bits per heavy atom. The molecule has 0 unspecified atom stereocenters. The van der Waals surface area contributed by atoms with Crippen LogP contribution in [-0.4, -0.2) is 19.7 Å². The molecule has 0 aliphatic heterocycles. The molecule has 3 heteroatoms. The Balaban J connectivity index is 2.49. The smallest absolute Gasteiger partial charge is 0.338 e. The van der Waals surface area contributed by atoms with Crippen molar-refractivity contribution in [2.45, 2.75) is 13.3 Å². The summed E-state index contributed by atoms with van der Waals surface area (Å²) in [7, 11) is 1.59. The number of carbonyl (C=O) groups excluding carboxylic acids is 1. The molecule has 1 rings (SSSR count). The largest absolute Gasteiger partial charge is 0.497 e. The molecule has 86 valence electrons. The molecule has 0 N–H and O–H groups in total. The van der Waals surface area contributed by atoms with Crippen LogP contribution in [0.25, 0.3) is 0 Å². The molecule has 0 bridgehead atoms. The van der Waals surface area contributed by atoms with Gasteiger partial charge in [0.1, 0.15) is 12.4 Å². The molecule has 1 aromatic carbocycles. The zero-order valence-electron chi connectivity index (χ0n) is 9.60. The molecule has 0 amide bonds. The van der Waals surface area contributed by atoms with E-state index in [0.717, 1.165) is 12.2 Å². The second kappa shape index (κ2) is 6.67.